The van der Waals surface area contributed by atoms with Gasteiger partial charge in [-0.15, -0.1) is 0 Å². The van der Waals surface area contributed by atoms with Crippen LogP contribution in [-0.4, -0.2) is 62.9 Å². The van der Waals surface area contributed by atoms with Crippen LogP contribution in [0.15, 0.2) is 29.3 Å². The number of pyridine rings is 1. The van der Waals surface area contributed by atoms with Crippen molar-refractivity contribution in [3.63, 3.8) is 0 Å². The maximum Gasteiger partial charge on any atom is 0.270 e. The molecule has 1 N–H and O–H groups in total. The van der Waals surface area contributed by atoms with E-state index in [4.69, 9.17) is 0 Å². The number of aromatic hydroxyl groups is 1. The molecule has 2 aromatic heterocycles. The zero-order valence-electron chi connectivity index (χ0n) is 13.6. The molecule has 24 heavy (non-hydrogen) atoms. The average molecular weight is 328 g/mol. The molecule has 7 heteroatoms. The van der Waals surface area contributed by atoms with Gasteiger partial charge in [0.05, 0.1) is 0 Å². The average Bonchev–Trinajstić information content (AvgIpc) is 2.84. The summed E-state index contributed by atoms with van der Waals surface area (Å²) in [6.07, 6.45) is 4.91. The van der Waals surface area contributed by atoms with Crippen molar-refractivity contribution in [2.45, 2.75) is 18.9 Å². The summed E-state index contributed by atoms with van der Waals surface area (Å²) in [4.78, 5) is 33.9. The van der Waals surface area contributed by atoms with Gasteiger partial charge < -0.3 is 14.9 Å². The molecule has 5 heterocycles. The molecule has 2 atom stereocenters. The molecule has 0 spiro atoms. The fourth-order valence-electron chi connectivity index (χ4n) is 3.96. The van der Waals surface area contributed by atoms with E-state index in [1.54, 1.807) is 6.07 Å². The largest absolute Gasteiger partial charge is 0.504 e. The third kappa shape index (κ3) is 2.36. The maximum atomic E-state index is 13.0. The second kappa shape index (κ2) is 5.59. The smallest absolute Gasteiger partial charge is 0.270 e. The molecule has 0 radical (unpaired) electrons. The molecule has 2 bridgehead atoms. The van der Waals surface area contributed by atoms with Gasteiger partial charge >= 0.3 is 0 Å². The molecule has 0 unspecified atom stereocenters. The van der Waals surface area contributed by atoms with E-state index in [0.29, 0.717) is 12.5 Å². The fraction of sp³-hybridized carbons (Fsp3) is 0.471. The molecular formula is C17H20N4O3. The summed E-state index contributed by atoms with van der Waals surface area (Å²) in [7, 11) is 2.08. The number of piperidine rings is 1. The summed E-state index contributed by atoms with van der Waals surface area (Å²) in [5.74, 6) is 0.122. The van der Waals surface area contributed by atoms with Crippen LogP contribution in [0.4, 0.5) is 0 Å². The summed E-state index contributed by atoms with van der Waals surface area (Å²) in [6.45, 7) is 2.52. The number of carbonyl (C=O) groups excluding carboxylic acids is 1. The van der Waals surface area contributed by atoms with Crippen LogP contribution in [-0.2, 0) is 0 Å². The Bertz CT molecular complexity index is 863. The van der Waals surface area contributed by atoms with E-state index in [-0.39, 0.29) is 28.9 Å². The number of fused-ring (bicyclic) bond motifs is 5. The van der Waals surface area contributed by atoms with Gasteiger partial charge in [-0.25, -0.2) is 4.98 Å². The van der Waals surface area contributed by atoms with Crippen LogP contribution in [0.5, 0.6) is 5.75 Å². The zero-order valence-corrected chi connectivity index (χ0v) is 13.6. The summed E-state index contributed by atoms with van der Waals surface area (Å²) < 4.78 is 1.23. The molecular weight excluding hydrogens is 308 g/mol. The normalized spacial score (nSPS) is 24.3. The number of amides is 1. The Balaban J connectivity index is 1.74. The van der Waals surface area contributed by atoms with Crippen molar-refractivity contribution in [2.75, 3.05) is 26.7 Å². The Hall–Kier alpha value is -2.41. The molecule has 0 aliphatic carbocycles. The minimum absolute atomic E-state index is 0.0632. The molecule has 126 valence electrons. The summed E-state index contributed by atoms with van der Waals surface area (Å²) in [6, 6.07) is 3.17. The van der Waals surface area contributed by atoms with E-state index in [1.165, 1.54) is 22.9 Å². The predicted molar refractivity (Wildman–Crippen MR) is 88.2 cm³/mol. The highest BCUT2D eigenvalue weighted by molar-refractivity contribution is 5.94. The van der Waals surface area contributed by atoms with Crippen molar-refractivity contribution in [2.24, 2.45) is 5.92 Å². The quantitative estimate of drug-likeness (QED) is 0.828. The minimum Gasteiger partial charge on any atom is -0.504 e. The second-order valence-corrected chi connectivity index (χ2v) is 6.84. The lowest BCUT2D eigenvalue weighted by molar-refractivity contribution is 0.0584. The number of carbonyl (C=O) groups is 1. The summed E-state index contributed by atoms with van der Waals surface area (Å²) in [5.41, 5.74) is -0.209. The Morgan fingerprint density at radius 2 is 2.12 bits per heavy atom. The third-order valence-electron chi connectivity index (χ3n) is 5.10. The summed E-state index contributed by atoms with van der Waals surface area (Å²) >= 11 is 0. The first kappa shape index (κ1) is 15.1. The van der Waals surface area contributed by atoms with Gasteiger partial charge in [-0.2, -0.15) is 0 Å². The van der Waals surface area contributed by atoms with Crippen LogP contribution in [0, 0.1) is 5.92 Å². The Labute approximate surface area is 139 Å². The Kier molecular flexibility index (Phi) is 3.53. The summed E-state index contributed by atoms with van der Waals surface area (Å²) in [5, 5.41) is 9.80. The van der Waals surface area contributed by atoms with E-state index in [9.17, 15) is 14.7 Å². The van der Waals surface area contributed by atoms with Crippen LogP contribution >= 0.6 is 0 Å². The van der Waals surface area contributed by atoms with Crippen molar-refractivity contribution in [3.8, 4) is 5.75 Å². The highest BCUT2D eigenvalue weighted by atomic mass is 16.3. The van der Waals surface area contributed by atoms with Gasteiger partial charge in [0.25, 0.3) is 11.5 Å². The first-order chi connectivity index (χ1) is 11.5. The first-order valence-corrected chi connectivity index (χ1v) is 8.23. The van der Waals surface area contributed by atoms with E-state index in [2.05, 4.69) is 16.9 Å². The maximum absolute atomic E-state index is 13.0. The van der Waals surface area contributed by atoms with Gasteiger partial charge in [-0.1, -0.05) is 0 Å². The molecule has 3 aliphatic rings. The van der Waals surface area contributed by atoms with Crippen LogP contribution in [0.1, 0.15) is 23.2 Å². The molecule has 5 rings (SSSR count). The molecule has 3 saturated heterocycles. The van der Waals surface area contributed by atoms with E-state index in [1.807, 2.05) is 4.90 Å². The van der Waals surface area contributed by atoms with Crippen LogP contribution in [0.2, 0.25) is 0 Å². The van der Waals surface area contributed by atoms with Crippen molar-refractivity contribution in [1.29, 1.82) is 0 Å². The lowest BCUT2D eigenvalue weighted by atomic mass is 9.94. The first-order valence-electron chi connectivity index (χ1n) is 8.23. The van der Waals surface area contributed by atoms with Gasteiger partial charge in [-0.05, 0) is 37.9 Å². The molecule has 2 aromatic rings. The van der Waals surface area contributed by atoms with Crippen LogP contribution < -0.4 is 5.56 Å². The second-order valence-electron chi connectivity index (χ2n) is 6.84. The highest BCUT2D eigenvalue weighted by Crippen LogP contribution is 2.28. The lowest BCUT2D eigenvalue weighted by Crippen LogP contribution is -2.48. The van der Waals surface area contributed by atoms with Crippen LogP contribution in [0.3, 0.4) is 0 Å². The molecule has 3 aliphatic heterocycles. The predicted octanol–water partition coefficient (Wildman–Crippen LogP) is 0.566. The lowest BCUT2D eigenvalue weighted by Gasteiger charge is -2.36. The highest BCUT2D eigenvalue weighted by Gasteiger charge is 2.37. The van der Waals surface area contributed by atoms with Gasteiger partial charge in [-0.3, -0.25) is 14.0 Å². The minimum atomic E-state index is -0.436. The number of rotatable bonds is 1. The van der Waals surface area contributed by atoms with Crippen molar-refractivity contribution in [3.05, 3.63) is 40.4 Å². The van der Waals surface area contributed by atoms with Crippen molar-refractivity contribution < 1.29 is 9.90 Å². The topological polar surface area (TPSA) is 78.2 Å². The van der Waals surface area contributed by atoms with Gasteiger partial charge in [0, 0.05) is 38.1 Å². The molecule has 0 saturated carbocycles. The van der Waals surface area contributed by atoms with E-state index < -0.39 is 5.56 Å². The van der Waals surface area contributed by atoms with Gasteiger partial charge in [0.1, 0.15) is 5.56 Å². The molecule has 1 amide bonds. The molecule has 7 nitrogen and oxygen atoms in total. The number of hydrogen-bond donors (Lipinski definition) is 1. The zero-order chi connectivity index (χ0) is 16.8. The van der Waals surface area contributed by atoms with Crippen molar-refractivity contribution >= 4 is 11.6 Å². The number of nitrogens with zero attached hydrogens (tertiary/aromatic N) is 4. The Morgan fingerprint density at radius 3 is 2.96 bits per heavy atom. The van der Waals surface area contributed by atoms with Crippen LogP contribution in [0.25, 0.3) is 5.65 Å². The fourth-order valence-corrected chi connectivity index (χ4v) is 3.96. The molecule has 0 aromatic carbocycles. The number of aromatic nitrogens is 2. The Morgan fingerprint density at radius 1 is 1.29 bits per heavy atom. The molecule has 3 fully saturated rings. The monoisotopic (exact) mass is 328 g/mol. The van der Waals surface area contributed by atoms with Gasteiger partial charge in [0.15, 0.2) is 11.4 Å². The number of hydrogen-bond acceptors (Lipinski definition) is 5. The van der Waals surface area contributed by atoms with Crippen molar-refractivity contribution in [1.82, 2.24) is 19.2 Å². The standard InChI is InChI=1S/C17H20N4O3/c1-19-8-11-4-5-12(10-19)21(9-11)17(24)13-7-18-15-14(22)3-2-6-20(15)16(13)23/h2-3,6-7,11-12,22H,4-5,8-10H2,1H3/t11-,12+/m1/s1. The SMILES string of the molecule is CN1C[C@H]2CC[C@@H](C1)N(C(=O)c1cnc3c(O)cccn3c1=O)C2. The number of likely N-dealkylation sites (N-methyl/N-ethyl adjacent to an activating group) is 1. The third-order valence-corrected chi connectivity index (χ3v) is 5.10. The van der Waals surface area contributed by atoms with E-state index in [0.717, 1.165) is 25.9 Å². The van der Waals surface area contributed by atoms with E-state index >= 15 is 0 Å². The van der Waals surface area contributed by atoms with Gasteiger partial charge in [0.2, 0.25) is 0 Å².